The lowest BCUT2D eigenvalue weighted by atomic mass is 10.0. The van der Waals surface area contributed by atoms with E-state index in [1.54, 1.807) is 8.61 Å². The van der Waals surface area contributed by atoms with Crippen molar-refractivity contribution in [3.8, 4) is 0 Å². The first-order valence-corrected chi connectivity index (χ1v) is 8.07. The maximum atomic E-state index is 12.5. The summed E-state index contributed by atoms with van der Waals surface area (Å²) in [6, 6.07) is 0. The van der Waals surface area contributed by atoms with Crippen molar-refractivity contribution in [1.82, 2.24) is 8.61 Å². The summed E-state index contributed by atoms with van der Waals surface area (Å²) >= 11 is 0. The minimum atomic E-state index is -3.32. The van der Waals surface area contributed by atoms with Crippen molar-refractivity contribution in [3.05, 3.63) is 0 Å². The van der Waals surface area contributed by atoms with E-state index in [0.29, 0.717) is 51.9 Å². The van der Waals surface area contributed by atoms with Crippen LogP contribution in [-0.2, 0) is 14.9 Å². The predicted molar refractivity (Wildman–Crippen MR) is 69.3 cm³/mol. The van der Waals surface area contributed by atoms with E-state index in [4.69, 9.17) is 10.5 Å². The summed E-state index contributed by atoms with van der Waals surface area (Å²) < 4.78 is 33.5. The molecule has 2 aliphatic rings. The second-order valence-electron chi connectivity index (χ2n) is 4.97. The fraction of sp³-hybridized carbons (Fsp3) is 1.00. The zero-order valence-corrected chi connectivity index (χ0v) is 11.6. The Kier molecular flexibility index (Phi) is 4.97. The molecule has 0 aromatic carbocycles. The van der Waals surface area contributed by atoms with Crippen LogP contribution >= 0.6 is 0 Å². The number of piperidine rings is 1. The lowest BCUT2D eigenvalue weighted by Gasteiger charge is -2.34. The van der Waals surface area contributed by atoms with Gasteiger partial charge in [-0.2, -0.15) is 17.0 Å². The molecule has 1 atom stereocenters. The van der Waals surface area contributed by atoms with E-state index >= 15 is 0 Å². The zero-order chi connectivity index (χ0) is 13.0. The van der Waals surface area contributed by atoms with Gasteiger partial charge in [0.1, 0.15) is 0 Å². The predicted octanol–water partition coefficient (Wildman–Crippen LogP) is -0.376. The van der Waals surface area contributed by atoms with Crippen LogP contribution in [0.4, 0.5) is 0 Å². The molecule has 18 heavy (non-hydrogen) atoms. The third kappa shape index (κ3) is 3.21. The molecule has 2 aliphatic heterocycles. The highest BCUT2D eigenvalue weighted by molar-refractivity contribution is 7.86. The quantitative estimate of drug-likeness (QED) is 0.763. The molecule has 0 amide bonds. The summed E-state index contributed by atoms with van der Waals surface area (Å²) in [6.45, 7) is 3.92. The number of hydrogen-bond acceptors (Lipinski definition) is 4. The van der Waals surface area contributed by atoms with Gasteiger partial charge in [-0.25, -0.2) is 0 Å². The third-order valence-electron chi connectivity index (χ3n) is 3.65. The Hall–Kier alpha value is -0.210. The monoisotopic (exact) mass is 277 g/mol. The van der Waals surface area contributed by atoms with Crippen molar-refractivity contribution >= 4 is 10.2 Å². The second-order valence-corrected chi connectivity index (χ2v) is 6.90. The topological polar surface area (TPSA) is 75.9 Å². The van der Waals surface area contributed by atoms with Gasteiger partial charge in [-0.15, -0.1) is 0 Å². The molecule has 0 radical (unpaired) electrons. The Labute approximate surface area is 109 Å². The van der Waals surface area contributed by atoms with Gasteiger partial charge in [0.15, 0.2) is 0 Å². The molecule has 0 aromatic heterocycles. The molecule has 7 heteroatoms. The summed E-state index contributed by atoms with van der Waals surface area (Å²) in [5.41, 5.74) is 5.66. The van der Waals surface area contributed by atoms with Crippen LogP contribution in [0.15, 0.2) is 0 Å². The molecule has 0 bridgehead atoms. The van der Waals surface area contributed by atoms with Crippen molar-refractivity contribution < 1.29 is 13.2 Å². The lowest BCUT2D eigenvalue weighted by Crippen LogP contribution is -2.49. The maximum absolute atomic E-state index is 12.5. The average molecular weight is 277 g/mol. The highest BCUT2D eigenvalue weighted by Gasteiger charge is 2.33. The first-order valence-electron chi connectivity index (χ1n) is 6.67. The Morgan fingerprint density at radius 1 is 1.11 bits per heavy atom. The van der Waals surface area contributed by atoms with Crippen LogP contribution in [0.3, 0.4) is 0 Å². The maximum Gasteiger partial charge on any atom is 0.282 e. The fourth-order valence-corrected chi connectivity index (χ4v) is 4.30. The van der Waals surface area contributed by atoms with E-state index in [1.165, 1.54) is 0 Å². The molecule has 1 unspecified atom stereocenters. The molecule has 0 aliphatic carbocycles. The standard InChI is InChI=1S/C11H23N3O3S/c12-9-11-3-1-4-14(10-11)18(15,16)13-5-2-7-17-8-6-13/h11H,1-10,12H2. The Bertz CT molecular complexity index is 353. The molecule has 2 fully saturated rings. The Morgan fingerprint density at radius 2 is 1.89 bits per heavy atom. The number of hydrogen-bond donors (Lipinski definition) is 1. The van der Waals surface area contributed by atoms with Crippen LogP contribution in [0, 0.1) is 5.92 Å². The molecule has 0 saturated carbocycles. The molecular formula is C11H23N3O3S. The summed E-state index contributed by atoms with van der Waals surface area (Å²) in [5, 5.41) is 0. The van der Waals surface area contributed by atoms with E-state index < -0.39 is 10.2 Å². The van der Waals surface area contributed by atoms with Crippen molar-refractivity contribution in [2.45, 2.75) is 19.3 Å². The van der Waals surface area contributed by atoms with Crippen LogP contribution in [-0.4, -0.2) is 63.0 Å². The van der Waals surface area contributed by atoms with E-state index in [2.05, 4.69) is 0 Å². The summed E-state index contributed by atoms with van der Waals surface area (Å²) in [4.78, 5) is 0. The fourth-order valence-electron chi connectivity index (χ4n) is 2.55. The number of ether oxygens (including phenoxy) is 1. The van der Waals surface area contributed by atoms with Gasteiger partial charge in [0.25, 0.3) is 10.2 Å². The SMILES string of the molecule is NCC1CCCN(S(=O)(=O)N2CCCOCC2)C1. The minimum Gasteiger partial charge on any atom is -0.380 e. The summed E-state index contributed by atoms with van der Waals surface area (Å²) in [6.07, 6.45) is 2.71. The van der Waals surface area contributed by atoms with Crippen molar-refractivity contribution in [2.24, 2.45) is 11.7 Å². The van der Waals surface area contributed by atoms with Gasteiger partial charge in [-0.05, 0) is 31.7 Å². The third-order valence-corrected chi connectivity index (χ3v) is 5.65. The largest absolute Gasteiger partial charge is 0.380 e. The van der Waals surface area contributed by atoms with Gasteiger partial charge < -0.3 is 10.5 Å². The number of rotatable bonds is 3. The van der Waals surface area contributed by atoms with Gasteiger partial charge in [0.2, 0.25) is 0 Å². The molecule has 0 aromatic rings. The number of nitrogens with two attached hydrogens (primary N) is 1. The highest BCUT2D eigenvalue weighted by atomic mass is 32.2. The lowest BCUT2D eigenvalue weighted by molar-refractivity contribution is 0.147. The molecule has 2 N–H and O–H groups in total. The van der Waals surface area contributed by atoms with Crippen molar-refractivity contribution in [3.63, 3.8) is 0 Å². The number of nitrogens with zero attached hydrogens (tertiary/aromatic N) is 2. The van der Waals surface area contributed by atoms with Crippen LogP contribution in [0.25, 0.3) is 0 Å². The van der Waals surface area contributed by atoms with Crippen LogP contribution in [0.2, 0.25) is 0 Å². The smallest absolute Gasteiger partial charge is 0.282 e. The molecular weight excluding hydrogens is 254 g/mol. The summed E-state index contributed by atoms with van der Waals surface area (Å²) in [7, 11) is -3.32. The molecule has 0 spiro atoms. The van der Waals surface area contributed by atoms with E-state index in [0.717, 1.165) is 19.3 Å². The van der Waals surface area contributed by atoms with Crippen LogP contribution in [0.5, 0.6) is 0 Å². The van der Waals surface area contributed by atoms with E-state index in [9.17, 15) is 8.42 Å². The summed E-state index contributed by atoms with van der Waals surface area (Å²) in [5.74, 6) is 0.303. The van der Waals surface area contributed by atoms with Crippen molar-refractivity contribution in [2.75, 3.05) is 45.9 Å². The van der Waals surface area contributed by atoms with Gasteiger partial charge in [-0.1, -0.05) is 0 Å². The van der Waals surface area contributed by atoms with Gasteiger partial charge in [-0.3, -0.25) is 0 Å². The van der Waals surface area contributed by atoms with Crippen molar-refractivity contribution in [1.29, 1.82) is 0 Å². The van der Waals surface area contributed by atoms with E-state index in [1.807, 2.05) is 0 Å². The Morgan fingerprint density at radius 3 is 2.67 bits per heavy atom. The molecule has 6 nitrogen and oxygen atoms in total. The average Bonchev–Trinajstić information content (AvgIpc) is 2.68. The first-order chi connectivity index (χ1) is 8.64. The van der Waals surface area contributed by atoms with Gasteiger partial charge in [0, 0.05) is 32.8 Å². The van der Waals surface area contributed by atoms with Crippen LogP contribution in [0.1, 0.15) is 19.3 Å². The highest BCUT2D eigenvalue weighted by Crippen LogP contribution is 2.21. The first kappa shape index (κ1) is 14.2. The minimum absolute atomic E-state index is 0.303. The molecule has 106 valence electrons. The van der Waals surface area contributed by atoms with Gasteiger partial charge >= 0.3 is 0 Å². The zero-order valence-electron chi connectivity index (χ0n) is 10.8. The Balaban J connectivity index is 2.04. The van der Waals surface area contributed by atoms with E-state index in [-0.39, 0.29) is 0 Å². The molecule has 2 saturated heterocycles. The van der Waals surface area contributed by atoms with Crippen LogP contribution < -0.4 is 5.73 Å². The molecule has 2 heterocycles. The normalized spacial score (nSPS) is 29.1. The second kappa shape index (κ2) is 6.29. The van der Waals surface area contributed by atoms with Gasteiger partial charge in [0.05, 0.1) is 6.61 Å². The molecule has 2 rings (SSSR count).